The van der Waals surface area contributed by atoms with Gasteiger partial charge >= 0.3 is 6.01 Å². The third-order valence-electron chi connectivity index (χ3n) is 4.84. The lowest BCUT2D eigenvalue weighted by atomic mass is 10.0. The smallest absolute Gasteiger partial charge is 0.319 e. The predicted molar refractivity (Wildman–Crippen MR) is 100 cm³/mol. The first kappa shape index (κ1) is 16.3. The minimum Gasteiger partial charge on any atom is -0.408 e. The summed E-state index contributed by atoms with van der Waals surface area (Å²) in [7, 11) is 0. The standard InChI is InChI=1S/C18H18ClN7O/c1-10(2)17-22-23-18(27-17)25-7-5-12-15(21-9-20-12)16(25)13-8-14-11(19)4-3-6-26(14)24-13/h3-4,6,8-10,16H,5,7H2,1-2H3,(H,20,21)/t16-/m0/s1. The first-order valence-electron chi connectivity index (χ1n) is 8.88. The number of rotatable bonds is 3. The maximum atomic E-state index is 6.34. The average Bonchev–Trinajstić information content (AvgIpc) is 3.39. The van der Waals surface area contributed by atoms with E-state index in [1.165, 1.54) is 0 Å². The van der Waals surface area contributed by atoms with Gasteiger partial charge in [0, 0.05) is 30.8 Å². The number of hydrogen-bond acceptors (Lipinski definition) is 6. The number of nitrogens with zero attached hydrogens (tertiary/aromatic N) is 6. The molecule has 0 saturated heterocycles. The topological polar surface area (TPSA) is 88.1 Å². The van der Waals surface area contributed by atoms with Crippen molar-refractivity contribution in [3.63, 3.8) is 0 Å². The Morgan fingerprint density at radius 1 is 1.33 bits per heavy atom. The molecule has 0 bridgehead atoms. The van der Waals surface area contributed by atoms with Crippen LogP contribution in [0.25, 0.3) is 5.52 Å². The fraction of sp³-hybridized carbons (Fsp3) is 0.333. The summed E-state index contributed by atoms with van der Waals surface area (Å²) in [5.74, 6) is 0.791. The predicted octanol–water partition coefficient (Wildman–Crippen LogP) is 3.37. The van der Waals surface area contributed by atoms with Gasteiger partial charge in [0.05, 0.1) is 28.3 Å². The molecule has 0 amide bonds. The Hall–Kier alpha value is -2.87. The minimum absolute atomic E-state index is 0.171. The van der Waals surface area contributed by atoms with Crippen LogP contribution in [0, 0.1) is 0 Å². The van der Waals surface area contributed by atoms with Gasteiger partial charge in [0.15, 0.2) is 0 Å². The van der Waals surface area contributed by atoms with Crippen molar-refractivity contribution in [2.45, 2.75) is 32.2 Å². The monoisotopic (exact) mass is 383 g/mol. The van der Waals surface area contributed by atoms with Gasteiger partial charge in [-0.2, -0.15) is 5.10 Å². The van der Waals surface area contributed by atoms with Gasteiger partial charge in [-0.3, -0.25) is 0 Å². The molecular formula is C18H18ClN7O. The Bertz CT molecular complexity index is 1110. The average molecular weight is 384 g/mol. The molecule has 1 aliphatic heterocycles. The zero-order valence-corrected chi connectivity index (χ0v) is 15.7. The number of imidazole rings is 1. The second-order valence-electron chi connectivity index (χ2n) is 6.94. The van der Waals surface area contributed by atoms with Gasteiger partial charge in [-0.25, -0.2) is 9.50 Å². The lowest BCUT2D eigenvalue weighted by molar-refractivity contribution is 0.446. The number of hydrogen-bond donors (Lipinski definition) is 1. The Kier molecular flexibility index (Phi) is 3.68. The van der Waals surface area contributed by atoms with Crippen LogP contribution in [-0.4, -0.2) is 36.3 Å². The van der Waals surface area contributed by atoms with Gasteiger partial charge in [-0.05, 0) is 18.2 Å². The van der Waals surface area contributed by atoms with Gasteiger partial charge in [-0.15, -0.1) is 5.10 Å². The van der Waals surface area contributed by atoms with Crippen molar-refractivity contribution in [1.29, 1.82) is 0 Å². The number of aromatic nitrogens is 6. The molecule has 4 aromatic heterocycles. The SMILES string of the molecule is CC(C)c1nnc(N2CCc3[nH]cnc3[C@@H]2c2cc3c(Cl)cccn3n2)o1. The van der Waals surface area contributed by atoms with E-state index in [0.717, 1.165) is 35.6 Å². The number of nitrogens with one attached hydrogen (secondary N) is 1. The highest BCUT2D eigenvalue weighted by Gasteiger charge is 2.36. The molecule has 1 N–H and O–H groups in total. The Morgan fingerprint density at radius 2 is 2.22 bits per heavy atom. The summed E-state index contributed by atoms with van der Waals surface area (Å²) in [4.78, 5) is 9.86. The zero-order valence-electron chi connectivity index (χ0n) is 14.9. The van der Waals surface area contributed by atoms with E-state index in [0.29, 0.717) is 16.9 Å². The summed E-state index contributed by atoms with van der Waals surface area (Å²) in [6.45, 7) is 4.78. The Labute approximate surface area is 160 Å². The van der Waals surface area contributed by atoms with E-state index in [2.05, 4.69) is 25.1 Å². The van der Waals surface area contributed by atoms with Crippen molar-refractivity contribution in [3.05, 3.63) is 58.7 Å². The van der Waals surface area contributed by atoms with Crippen LogP contribution in [0.2, 0.25) is 5.02 Å². The maximum Gasteiger partial charge on any atom is 0.319 e. The van der Waals surface area contributed by atoms with Gasteiger partial charge in [0.2, 0.25) is 5.89 Å². The van der Waals surface area contributed by atoms with Crippen molar-refractivity contribution in [3.8, 4) is 0 Å². The highest BCUT2D eigenvalue weighted by atomic mass is 35.5. The number of pyridine rings is 1. The zero-order chi connectivity index (χ0) is 18.5. The van der Waals surface area contributed by atoms with E-state index in [1.54, 1.807) is 10.8 Å². The minimum atomic E-state index is -0.226. The molecule has 0 spiro atoms. The van der Waals surface area contributed by atoms with Crippen molar-refractivity contribution >= 4 is 23.1 Å². The van der Waals surface area contributed by atoms with E-state index < -0.39 is 0 Å². The molecule has 1 aliphatic rings. The highest BCUT2D eigenvalue weighted by molar-refractivity contribution is 6.33. The molecule has 138 valence electrons. The van der Waals surface area contributed by atoms with Crippen LogP contribution in [0.15, 0.2) is 35.1 Å². The highest BCUT2D eigenvalue weighted by Crippen LogP contribution is 2.37. The lowest BCUT2D eigenvalue weighted by Crippen LogP contribution is -2.36. The largest absolute Gasteiger partial charge is 0.408 e. The molecule has 0 aromatic carbocycles. The van der Waals surface area contributed by atoms with Crippen LogP contribution in [0.1, 0.15) is 48.8 Å². The number of halogens is 1. The summed E-state index contributed by atoms with van der Waals surface area (Å²) in [5, 5.41) is 13.9. The molecule has 0 unspecified atom stereocenters. The Balaban J connectivity index is 1.65. The van der Waals surface area contributed by atoms with Crippen LogP contribution < -0.4 is 4.90 Å². The van der Waals surface area contributed by atoms with Gasteiger partial charge in [0.1, 0.15) is 6.04 Å². The van der Waals surface area contributed by atoms with Crippen molar-refractivity contribution in [2.24, 2.45) is 0 Å². The van der Waals surface area contributed by atoms with Crippen molar-refractivity contribution in [1.82, 2.24) is 29.8 Å². The summed E-state index contributed by atoms with van der Waals surface area (Å²) in [5.41, 5.74) is 3.71. The lowest BCUT2D eigenvalue weighted by Gasteiger charge is -2.32. The second kappa shape index (κ2) is 6.09. The first-order chi connectivity index (χ1) is 13.1. The third kappa shape index (κ3) is 2.59. The number of aromatic amines is 1. The molecular weight excluding hydrogens is 366 g/mol. The quantitative estimate of drug-likeness (QED) is 0.583. The Morgan fingerprint density at radius 3 is 3.00 bits per heavy atom. The number of fused-ring (bicyclic) bond motifs is 2. The molecule has 8 nitrogen and oxygen atoms in total. The van der Waals surface area contributed by atoms with Gasteiger partial charge < -0.3 is 14.3 Å². The van der Waals surface area contributed by atoms with E-state index in [9.17, 15) is 0 Å². The number of anilines is 1. The van der Waals surface area contributed by atoms with Crippen LogP contribution >= 0.6 is 11.6 Å². The molecule has 0 aliphatic carbocycles. The first-order valence-corrected chi connectivity index (χ1v) is 9.25. The fourth-order valence-corrected chi connectivity index (χ4v) is 3.71. The molecule has 4 aromatic rings. The fourth-order valence-electron chi connectivity index (χ4n) is 3.49. The second-order valence-corrected chi connectivity index (χ2v) is 7.35. The molecule has 27 heavy (non-hydrogen) atoms. The van der Waals surface area contributed by atoms with Crippen molar-refractivity contribution < 1.29 is 4.42 Å². The number of H-pyrrole nitrogens is 1. The third-order valence-corrected chi connectivity index (χ3v) is 5.16. The van der Waals surface area contributed by atoms with E-state index in [-0.39, 0.29) is 12.0 Å². The molecule has 9 heteroatoms. The van der Waals surface area contributed by atoms with E-state index in [1.807, 2.05) is 38.2 Å². The molecule has 5 heterocycles. The van der Waals surface area contributed by atoms with E-state index >= 15 is 0 Å². The molecule has 0 fully saturated rings. The summed E-state index contributed by atoms with van der Waals surface area (Å²) in [6.07, 6.45) is 4.42. The van der Waals surface area contributed by atoms with Gasteiger partial charge in [0.25, 0.3) is 0 Å². The summed E-state index contributed by atoms with van der Waals surface area (Å²) >= 11 is 6.34. The molecule has 1 atom stereocenters. The van der Waals surface area contributed by atoms with Crippen molar-refractivity contribution in [2.75, 3.05) is 11.4 Å². The van der Waals surface area contributed by atoms with E-state index in [4.69, 9.17) is 21.1 Å². The molecule has 0 radical (unpaired) electrons. The summed E-state index contributed by atoms with van der Waals surface area (Å²) < 4.78 is 7.71. The van der Waals surface area contributed by atoms with Crippen LogP contribution in [0.5, 0.6) is 0 Å². The van der Waals surface area contributed by atoms with Crippen LogP contribution in [-0.2, 0) is 6.42 Å². The molecule has 0 saturated carbocycles. The summed E-state index contributed by atoms with van der Waals surface area (Å²) in [6, 6.07) is 5.98. The van der Waals surface area contributed by atoms with Crippen LogP contribution in [0.4, 0.5) is 6.01 Å². The van der Waals surface area contributed by atoms with Crippen LogP contribution in [0.3, 0.4) is 0 Å². The normalized spacial score (nSPS) is 17.0. The molecule has 5 rings (SSSR count). The maximum absolute atomic E-state index is 6.34. The van der Waals surface area contributed by atoms with Gasteiger partial charge in [-0.1, -0.05) is 30.5 Å².